The molecule has 2 aromatic rings. The van der Waals surface area contributed by atoms with Crippen LogP contribution >= 0.6 is 11.3 Å². The fourth-order valence-corrected chi connectivity index (χ4v) is 2.84. The highest BCUT2D eigenvalue weighted by atomic mass is 32.1. The van der Waals surface area contributed by atoms with Crippen molar-refractivity contribution >= 4 is 17.1 Å². The number of ether oxygens (including phenoxy) is 4. The molecule has 0 amide bonds. The van der Waals surface area contributed by atoms with Gasteiger partial charge in [-0.15, -0.1) is 11.3 Å². The maximum atomic E-state index is 12.7. The topological polar surface area (TPSA) is 54.0 Å². The van der Waals surface area contributed by atoms with Crippen molar-refractivity contribution in [2.75, 3.05) is 28.4 Å². The molecule has 0 aliphatic rings. The summed E-state index contributed by atoms with van der Waals surface area (Å²) in [4.78, 5) is 13.2. The largest absolute Gasteiger partial charge is 0.495 e. The number of benzene rings is 1. The Morgan fingerprint density at radius 2 is 1.52 bits per heavy atom. The minimum atomic E-state index is -0.181. The number of methoxy groups -OCH3 is 4. The van der Waals surface area contributed by atoms with E-state index in [0.29, 0.717) is 33.4 Å². The minimum Gasteiger partial charge on any atom is -0.495 e. The standard InChI is InChI=1S/C15H16O5S/c1-17-10-6-5-9(13(19-3)14(10)20-4)12(16)15-11(18-2)7-8-21-15/h5-8H,1-4H3. The Bertz CT molecular complexity index is 648. The second-order valence-electron chi connectivity index (χ2n) is 4.03. The lowest BCUT2D eigenvalue weighted by atomic mass is 10.1. The molecule has 5 nitrogen and oxygen atoms in total. The predicted octanol–water partition coefficient (Wildman–Crippen LogP) is 3.01. The van der Waals surface area contributed by atoms with Crippen LogP contribution in [0.15, 0.2) is 23.6 Å². The van der Waals surface area contributed by atoms with Crippen LogP contribution in [0, 0.1) is 0 Å². The zero-order chi connectivity index (χ0) is 15.4. The van der Waals surface area contributed by atoms with Gasteiger partial charge in [0.05, 0.1) is 34.0 Å². The van der Waals surface area contributed by atoms with Gasteiger partial charge in [-0.3, -0.25) is 4.79 Å². The second-order valence-corrected chi connectivity index (χ2v) is 4.95. The average molecular weight is 308 g/mol. The summed E-state index contributed by atoms with van der Waals surface area (Å²) in [6, 6.07) is 5.08. The van der Waals surface area contributed by atoms with Gasteiger partial charge in [0.1, 0.15) is 10.6 Å². The zero-order valence-corrected chi connectivity index (χ0v) is 13.1. The van der Waals surface area contributed by atoms with E-state index < -0.39 is 0 Å². The van der Waals surface area contributed by atoms with Crippen molar-refractivity contribution in [2.24, 2.45) is 0 Å². The third kappa shape index (κ3) is 2.67. The van der Waals surface area contributed by atoms with Crippen molar-refractivity contribution in [3.63, 3.8) is 0 Å². The molecule has 0 saturated heterocycles. The summed E-state index contributed by atoms with van der Waals surface area (Å²) in [7, 11) is 6.05. The summed E-state index contributed by atoms with van der Waals surface area (Å²) in [5.41, 5.74) is 0.399. The minimum absolute atomic E-state index is 0.181. The fraction of sp³-hybridized carbons (Fsp3) is 0.267. The summed E-state index contributed by atoms with van der Waals surface area (Å²) in [5.74, 6) is 1.60. The SMILES string of the molecule is COc1ccsc1C(=O)c1ccc(OC)c(OC)c1OC. The van der Waals surface area contributed by atoms with Gasteiger partial charge < -0.3 is 18.9 Å². The highest BCUT2D eigenvalue weighted by molar-refractivity contribution is 7.12. The van der Waals surface area contributed by atoms with Gasteiger partial charge in [0, 0.05) is 0 Å². The first-order valence-corrected chi connectivity index (χ1v) is 7.01. The van der Waals surface area contributed by atoms with Gasteiger partial charge in [-0.1, -0.05) is 0 Å². The Morgan fingerprint density at radius 3 is 2.10 bits per heavy atom. The van der Waals surface area contributed by atoms with E-state index in [0.717, 1.165) is 0 Å². The fourth-order valence-electron chi connectivity index (χ4n) is 2.03. The Balaban J connectivity index is 2.56. The number of carbonyl (C=O) groups is 1. The van der Waals surface area contributed by atoms with E-state index in [-0.39, 0.29) is 5.78 Å². The van der Waals surface area contributed by atoms with Gasteiger partial charge in [-0.05, 0) is 23.6 Å². The molecule has 0 atom stereocenters. The lowest BCUT2D eigenvalue weighted by molar-refractivity contribution is 0.103. The first-order valence-electron chi connectivity index (χ1n) is 6.13. The lowest BCUT2D eigenvalue weighted by Gasteiger charge is -2.15. The maximum Gasteiger partial charge on any atom is 0.210 e. The molecular formula is C15H16O5S. The van der Waals surface area contributed by atoms with Gasteiger partial charge >= 0.3 is 0 Å². The van der Waals surface area contributed by atoms with Crippen LogP contribution in [-0.2, 0) is 0 Å². The van der Waals surface area contributed by atoms with Crippen LogP contribution in [0.5, 0.6) is 23.0 Å². The Kier molecular flexibility index (Phi) is 4.70. The molecule has 1 aromatic carbocycles. The summed E-state index contributed by atoms with van der Waals surface area (Å²) in [5, 5.41) is 1.80. The predicted molar refractivity (Wildman–Crippen MR) is 80.4 cm³/mol. The molecule has 0 radical (unpaired) electrons. The first kappa shape index (κ1) is 15.2. The number of hydrogen-bond acceptors (Lipinski definition) is 6. The van der Waals surface area contributed by atoms with Crippen LogP contribution in [0.2, 0.25) is 0 Å². The zero-order valence-electron chi connectivity index (χ0n) is 12.3. The number of carbonyl (C=O) groups excluding carboxylic acids is 1. The smallest absolute Gasteiger partial charge is 0.210 e. The average Bonchev–Trinajstić information content (AvgIpc) is 3.00. The third-order valence-corrected chi connectivity index (χ3v) is 3.90. The number of thiophene rings is 1. The molecule has 0 unspecified atom stereocenters. The molecular weight excluding hydrogens is 292 g/mol. The molecule has 0 bridgehead atoms. The van der Waals surface area contributed by atoms with E-state index in [1.807, 2.05) is 0 Å². The second kappa shape index (κ2) is 6.49. The lowest BCUT2D eigenvalue weighted by Crippen LogP contribution is -2.06. The monoisotopic (exact) mass is 308 g/mol. The van der Waals surface area contributed by atoms with E-state index in [1.165, 1.54) is 39.8 Å². The Morgan fingerprint density at radius 1 is 0.857 bits per heavy atom. The van der Waals surface area contributed by atoms with Crippen molar-refractivity contribution < 1.29 is 23.7 Å². The molecule has 0 saturated carbocycles. The summed E-state index contributed by atoms with van der Waals surface area (Å²) in [6.45, 7) is 0. The molecule has 6 heteroatoms. The maximum absolute atomic E-state index is 12.7. The Hall–Kier alpha value is -2.21. The molecule has 1 aromatic heterocycles. The van der Waals surface area contributed by atoms with Gasteiger partial charge in [-0.25, -0.2) is 0 Å². The van der Waals surface area contributed by atoms with Crippen molar-refractivity contribution in [1.29, 1.82) is 0 Å². The normalized spacial score (nSPS) is 10.1. The number of rotatable bonds is 6. The third-order valence-electron chi connectivity index (χ3n) is 3.00. The van der Waals surface area contributed by atoms with Crippen molar-refractivity contribution in [3.8, 4) is 23.0 Å². The van der Waals surface area contributed by atoms with Gasteiger partial charge in [0.25, 0.3) is 0 Å². The molecule has 0 spiro atoms. The van der Waals surface area contributed by atoms with Crippen LogP contribution in [0.25, 0.3) is 0 Å². The Labute approximate surface area is 127 Å². The molecule has 112 valence electrons. The highest BCUT2D eigenvalue weighted by Gasteiger charge is 2.24. The summed E-state index contributed by atoms with van der Waals surface area (Å²) < 4.78 is 21.0. The molecule has 0 aliphatic heterocycles. The molecule has 1 heterocycles. The van der Waals surface area contributed by atoms with Gasteiger partial charge in [0.2, 0.25) is 11.5 Å². The van der Waals surface area contributed by atoms with Crippen LogP contribution in [0.3, 0.4) is 0 Å². The quantitative estimate of drug-likeness (QED) is 0.768. The number of hydrogen-bond donors (Lipinski definition) is 0. The van der Waals surface area contributed by atoms with Crippen LogP contribution in [0.1, 0.15) is 15.2 Å². The molecule has 0 N–H and O–H groups in total. The molecule has 2 rings (SSSR count). The van der Waals surface area contributed by atoms with E-state index >= 15 is 0 Å². The van der Waals surface area contributed by atoms with Crippen molar-refractivity contribution in [2.45, 2.75) is 0 Å². The van der Waals surface area contributed by atoms with Gasteiger partial charge in [0.15, 0.2) is 11.5 Å². The molecule has 0 aliphatic carbocycles. The first-order chi connectivity index (χ1) is 10.2. The van der Waals surface area contributed by atoms with Crippen LogP contribution in [0.4, 0.5) is 0 Å². The van der Waals surface area contributed by atoms with E-state index in [1.54, 1.807) is 23.6 Å². The van der Waals surface area contributed by atoms with Crippen molar-refractivity contribution in [3.05, 3.63) is 34.0 Å². The molecule has 21 heavy (non-hydrogen) atoms. The van der Waals surface area contributed by atoms with Crippen LogP contribution in [-0.4, -0.2) is 34.2 Å². The van der Waals surface area contributed by atoms with E-state index in [9.17, 15) is 4.79 Å². The van der Waals surface area contributed by atoms with Crippen molar-refractivity contribution in [1.82, 2.24) is 0 Å². The van der Waals surface area contributed by atoms with E-state index in [2.05, 4.69) is 0 Å². The molecule has 0 fully saturated rings. The van der Waals surface area contributed by atoms with Gasteiger partial charge in [-0.2, -0.15) is 0 Å². The van der Waals surface area contributed by atoms with E-state index in [4.69, 9.17) is 18.9 Å². The summed E-state index contributed by atoms with van der Waals surface area (Å²) >= 11 is 1.32. The number of ketones is 1. The highest BCUT2D eigenvalue weighted by Crippen LogP contribution is 2.41. The summed E-state index contributed by atoms with van der Waals surface area (Å²) in [6.07, 6.45) is 0. The van der Waals surface area contributed by atoms with Crippen LogP contribution < -0.4 is 18.9 Å².